The fourth-order valence-corrected chi connectivity index (χ4v) is 3.66. The van der Waals surface area contributed by atoms with Crippen LogP contribution in [0.25, 0.3) is 23.0 Å². The standard InChI is InChI=1S/C28H26N4O3/c1-2-35-27(34)18-25(21-10-5-3-6-11-21)30-26(33)16-15-23-20-32(24-13-7-4-8-14-24)31-28(23)22-12-9-17-29-19-22/h3-17,19-20,25H,2,18H2,1H3,(H,30,33)/b16-15+. The number of esters is 1. The van der Waals surface area contributed by atoms with E-state index in [0.29, 0.717) is 5.69 Å². The Morgan fingerprint density at radius 1 is 1.03 bits per heavy atom. The van der Waals surface area contributed by atoms with Gasteiger partial charge in [-0.25, -0.2) is 4.68 Å². The number of nitrogens with zero attached hydrogens (tertiary/aromatic N) is 3. The van der Waals surface area contributed by atoms with E-state index < -0.39 is 6.04 Å². The summed E-state index contributed by atoms with van der Waals surface area (Å²) in [6.45, 7) is 2.04. The first-order chi connectivity index (χ1) is 17.1. The monoisotopic (exact) mass is 466 g/mol. The maximum Gasteiger partial charge on any atom is 0.308 e. The highest BCUT2D eigenvalue weighted by molar-refractivity contribution is 5.93. The minimum atomic E-state index is -0.503. The van der Waals surface area contributed by atoms with Gasteiger partial charge < -0.3 is 10.1 Å². The van der Waals surface area contributed by atoms with Crippen molar-refractivity contribution >= 4 is 18.0 Å². The average Bonchev–Trinajstić information content (AvgIpc) is 3.33. The Kier molecular flexibility index (Phi) is 7.81. The normalized spacial score (nSPS) is 11.8. The first kappa shape index (κ1) is 23.6. The van der Waals surface area contributed by atoms with Crippen molar-refractivity contribution in [2.24, 2.45) is 0 Å². The van der Waals surface area contributed by atoms with Gasteiger partial charge in [0.25, 0.3) is 0 Å². The molecule has 2 aromatic carbocycles. The van der Waals surface area contributed by atoms with Crippen molar-refractivity contribution in [3.8, 4) is 16.9 Å². The minimum absolute atomic E-state index is 0.0459. The fourth-order valence-electron chi connectivity index (χ4n) is 3.66. The molecule has 0 bridgehead atoms. The van der Waals surface area contributed by atoms with E-state index in [9.17, 15) is 9.59 Å². The third-order valence-corrected chi connectivity index (χ3v) is 5.31. The van der Waals surface area contributed by atoms with Gasteiger partial charge in [0.15, 0.2) is 0 Å². The van der Waals surface area contributed by atoms with Crippen molar-refractivity contribution < 1.29 is 14.3 Å². The molecule has 0 aliphatic carbocycles. The van der Waals surface area contributed by atoms with Crippen LogP contribution in [0.15, 0.2) is 97.5 Å². The number of aromatic nitrogens is 3. The van der Waals surface area contributed by atoms with Gasteiger partial charge in [-0.1, -0.05) is 48.5 Å². The van der Waals surface area contributed by atoms with Crippen LogP contribution in [0.3, 0.4) is 0 Å². The van der Waals surface area contributed by atoms with E-state index in [2.05, 4.69) is 10.3 Å². The number of rotatable bonds is 9. The number of benzene rings is 2. The number of hydrogen-bond acceptors (Lipinski definition) is 5. The molecule has 0 aliphatic rings. The molecule has 1 amide bonds. The third-order valence-electron chi connectivity index (χ3n) is 5.31. The number of carbonyl (C=O) groups is 2. The lowest BCUT2D eigenvalue weighted by atomic mass is 10.0. The molecule has 0 aliphatic heterocycles. The average molecular weight is 467 g/mol. The zero-order valence-corrected chi connectivity index (χ0v) is 19.4. The smallest absolute Gasteiger partial charge is 0.308 e. The van der Waals surface area contributed by atoms with Crippen LogP contribution in [0, 0.1) is 0 Å². The molecular weight excluding hydrogens is 440 g/mol. The molecule has 0 radical (unpaired) electrons. The molecule has 4 aromatic rings. The lowest BCUT2D eigenvalue weighted by Gasteiger charge is -2.17. The zero-order chi connectivity index (χ0) is 24.5. The second-order valence-corrected chi connectivity index (χ2v) is 7.77. The summed E-state index contributed by atoms with van der Waals surface area (Å²) in [5.74, 6) is -0.693. The Morgan fingerprint density at radius 2 is 1.77 bits per heavy atom. The van der Waals surface area contributed by atoms with E-state index in [1.54, 1.807) is 30.1 Å². The van der Waals surface area contributed by atoms with Gasteiger partial charge in [0.05, 0.1) is 24.8 Å². The number of carbonyl (C=O) groups excluding carboxylic acids is 2. The summed E-state index contributed by atoms with van der Waals surface area (Å²) in [5, 5.41) is 7.65. The van der Waals surface area contributed by atoms with Gasteiger partial charge in [0.1, 0.15) is 5.69 Å². The summed E-state index contributed by atoms with van der Waals surface area (Å²) in [6, 6.07) is 22.4. The van der Waals surface area contributed by atoms with Gasteiger partial charge in [0, 0.05) is 35.8 Å². The summed E-state index contributed by atoms with van der Waals surface area (Å²) < 4.78 is 6.86. The molecule has 0 spiro atoms. The van der Waals surface area contributed by atoms with E-state index in [0.717, 1.165) is 22.4 Å². The van der Waals surface area contributed by atoms with Crippen molar-refractivity contribution in [3.63, 3.8) is 0 Å². The molecule has 1 atom stereocenters. The highest BCUT2D eigenvalue weighted by Gasteiger charge is 2.18. The van der Waals surface area contributed by atoms with Crippen LogP contribution in [-0.2, 0) is 14.3 Å². The van der Waals surface area contributed by atoms with Crippen LogP contribution >= 0.6 is 0 Å². The molecule has 176 valence electrons. The van der Waals surface area contributed by atoms with Gasteiger partial charge in [-0.2, -0.15) is 5.10 Å². The summed E-state index contributed by atoms with van der Waals surface area (Å²) in [6.07, 6.45) is 8.52. The molecule has 2 aromatic heterocycles. The summed E-state index contributed by atoms with van der Waals surface area (Å²) in [7, 11) is 0. The number of nitrogens with one attached hydrogen (secondary N) is 1. The topological polar surface area (TPSA) is 86.1 Å². The number of para-hydroxylation sites is 1. The summed E-state index contributed by atoms with van der Waals surface area (Å²) in [4.78, 5) is 29.2. The second-order valence-electron chi connectivity index (χ2n) is 7.77. The number of amides is 1. The largest absolute Gasteiger partial charge is 0.466 e. The maximum atomic E-state index is 12.9. The van der Waals surface area contributed by atoms with Crippen LogP contribution < -0.4 is 5.32 Å². The van der Waals surface area contributed by atoms with Crippen molar-refractivity contribution in [2.75, 3.05) is 6.61 Å². The third kappa shape index (κ3) is 6.29. The van der Waals surface area contributed by atoms with E-state index in [1.165, 1.54) is 6.08 Å². The van der Waals surface area contributed by atoms with E-state index >= 15 is 0 Å². The van der Waals surface area contributed by atoms with Crippen LogP contribution in [0.4, 0.5) is 0 Å². The van der Waals surface area contributed by atoms with Gasteiger partial charge >= 0.3 is 5.97 Å². The molecule has 0 saturated carbocycles. The number of hydrogen-bond donors (Lipinski definition) is 1. The molecule has 2 heterocycles. The molecule has 4 rings (SSSR count). The first-order valence-electron chi connectivity index (χ1n) is 11.4. The van der Waals surface area contributed by atoms with Gasteiger partial charge in [0.2, 0.25) is 5.91 Å². The summed E-state index contributed by atoms with van der Waals surface area (Å²) >= 11 is 0. The van der Waals surface area contributed by atoms with Gasteiger partial charge in [-0.15, -0.1) is 0 Å². The SMILES string of the molecule is CCOC(=O)CC(NC(=O)/C=C/c1cn(-c2ccccc2)nc1-c1cccnc1)c1ccccc1. The predicted molar refractivity (Wildman–Crippen MR) is 134 cm³/mol. The van der Waals surface area contributed by atoms with E-state index in [-0.39, 0.29) is 24.9 Å². The van der Waals surface area contributed by atoms with Crippen LogP contribution in [-0.4, -0.2) is 33.2 Å². The highest BCUT2D eigenvalue weighted by Crippen LogP contribution is 2.24. The summed E-state index contributed by atoms with van der Waals surface area (Å²) in [5.41, 5.74) is 4.04. The molecule has 0 fully saturated rings. The molecule has 1 N–H and O–H groups in total. The predicted octanol–water partition coefficient (Wildman–Crippen LogP) is 4.76. The van der Waals surface area contributed by atoms with E-state index in [4.69, 9.17) is 9.84 Å². The maximum absolute atomic E-state index is 12.9. The Bertz CT molecular complexity index is 1290. The highest BCUT2D eigenvalue weighted by atomic mass is 16.5. The van der Waals surface area contributed by atoms with E-state index in [1.807, 2.05) is 79.0 Å². The van der Waals surface area contributed by atoms with Crippen molar-refractivity contribution in [1.82, 2.24) is 20.1 Å². The minimum Gasteiger partial charge on any atom is -0.466 e. The molecule has 35 heavy (non-hydrogen) atoms. The van der Waals surface area contributed by atoms with Gasteiger partial charge in [-0.3, -0.25) is 14.6 Å². The van der Waals surface area contributed by atoms with Gasteiger partial charge in [-0.05, 0) is 42.8 Å². The Hall–Kier alpha value is -4.52. The second kappa shape index (κ2) is 11.6. The van der Waals surface area contributed by atoms with Crippen LogP contribution in [0.5, 0.6) is 0 Å². The molecule has 7 nitrogen and oxygen atoms in total. The van der Waals surface area contributed by atoms with Crippen molar-refractivity contribution in [3.05, 3.63) is 109 Å². The Balaban J connectivity index is 1.58. The fraction of sp³-hybridized carbons (Fsp3) is 0.143. The van der Waals surface area contributed by atoms with Crippen LogP contribution in [0.2, 0.25) is 0 Å². The molecule has 7 heteroatoms. The first-order valence-corrected chi connectivity index (χ1v) is 11.4. The lowest BCUT2D eigenvalue weighted by Crippen LogP contribution is -2.29. The van der Waals surface area contributed by atoms with Crippen LogP contribution in [0.1, 0.15) is 30.5 Å². The molecular formula is C28H26N4O3. The number of ether oxygens (including phenoxy) is 1. The van der Waals surface area contributed by atoms with Crippen molar-refractivity contribution in [2.45, 2.75) is 19.4 Å². The Labute approximate surface area is 204 Å². The van der Waals surface area contributed by atoms with Crippen molar-refractivity contribution in [1.29, 1.82) is 0 Å². The Morgan fingerprint density at radius 3 is 2.46 bits per heavy atom. The zero-order valence-electron chi connectivity index (χ0n) is 19.4. The molecule has 1 unspecified atom stereocenters. The lowest BCUT2D eigenvalue weighted by molar-refractivity contribution is -0.143. The molecule has 0 saturated heterocycles. The number of pyridine rings is 1. The quantitative estimate of drug-likeness (QED) is 0.284.